The van der Waals surface area contributed by atoms with E-state index in [2.05, 4.69) is 25.7 Å². The lowest BCUT2D eigenvalue weighted by molar-refractivity contribution is -0.688. The first-order valence-corrected chi connectivity index (χ1v) is 6.60. The number of benzene rings is 1. The molecule has 0 radical (unpaired) electrons. The van der Waals surface area contributed by atoms with Gasteiger partial charge in [-0.2, -0.15) is 0 Å². The van der Waals surface area contributed by atoms with Gasteiger partial charge in [0, 0.05) is 0 Å². The van der Waals surface area contributed by atoms with Gasteiger partial charge in [0.2, 0.25) is 0 Å². The zero-order valence-electron chi connectivity index (χ0n) is 11.7. The molecule has 0 saturated heterocycles. The van der Waals surface area contributed by atoms with Crippen molar-refractivity contribution in [1.82, 2.24) is 0 Å². The predicted octanol–water partition coefficient (Wildman–Crippen LogP) is 0.963. The van der Waals surface area contributed by atoms with E-state index in [0.29, 0.717) is 30.7 Å². The van der Waals surface area contributed by atoms with E-state index in [4.69, 9.17) is 9.47 Å². The number of ether oxygens (including phenoxy) is 2. The Morgan fingerprint density at radius 1 is 1.26 bits per heavy atom. The highest BCUT2D eigenvalue weighted by molar-refractivity contribution is 5.39. The molecule has 0 aliphatic heterocycles. The fourth-order valence-electron chi connectivity index (χ4n) is 1.52. The van der Waals surface area contributed by atoms with Crippen molar-refractivity contribution in [2.24, 2.45) is 0 Å². The largest absolute Gasteiger partial charge is 0.487 e. The third-order valence-corrected chi connectivity index (χ3v) is 2.52. The topological polar surface area (TPSA) is 55.3 Å². The van der Waals surface area contributed by atoms with Gasteiger partial charge in [-0.3, -0.25) is 0 Å². The van der Waals surface area contributed by atoms with Crippen LogP contribution < -0.4 is 14.8 Å². The third kappa shape index (κ3) is 6.27. The minimum Gasteiger partial charge on any atom is -0.487 e. The molecule has 19 heavy (non-hydrogen) atoms. The van der Waals surface area contributed by atoms with Crippen molar-refractivity contribution in [3.8, 4) is 11.5 Å². The highest BCUT2D eigenvalue weighted by Crippen LogP contribution is 2.26. The van der Waals surface area contributed by atoms with Crippen LogP contribution in [0.25, 0.3) is 0 Å². The fourth-order valence-corrected chi connectivity index (χ4v) is 1.52. The lowest BCUT2D eigenvalue weighted by Crippen LogP contribution is -2.90. The van der Waals surface area contributed by atoms with Crippen LogP contribution in [-0.4, -0.2) is 37.0 Å². The maximum atomic E-state index is 9.81. The van der Waals surface area contributed by atoms with Gasteiger partial charge in [0.05, 0.1) is 6.04 Å². The van der Waals surface area contributed by atoms with Crippen LogP contribution in [0.1, 0.15) is 13.8 Å². The zero-order chi connectivity index (χ0) is 14.1. The number of para-hydroxylation sites is 2. The van der Waals surface area contributed by atoms with Crippen molar-refractivity contribution in [3.63, 3.8) is 0 Å². The van der Waals surface area contributed by atoms with Gasteiger partial charge in [-0.1, -0.05) is 24.8 Å². The standard InChI is InChI=1S/C15H23NO3/c1-4-9-18-14-7-5-6-8-15(14)19-11-13(17)10-16-12(2)3/h4-8,12-13,16-17H,1,9-11H2,2-3H3/p+1/t13-/m0/s1. The quantitative estimate of drug-likeness (QED) is 0.655. The highest BCUT2D eigenvalue weighted by Gasteiger charge is 2.10. The minimum atomic E-state index is -0.491. The summed E-state index contributed by atoms with van der Waals surface area (Å²) in [4.78, 5) is 0. The monoisotopic (exact) mass is 266 g/mol. The molecule has 4 heteroatoms. The van der Waals surface area contributed by atoms with E-state index in [-0.39, 0.29) is 6.61 Å². The second-order valence-electron chi connectivity index (χ2n) is 4.73. The molecule has 106 valence electrons. The second-order valence-corrected chi connectivity index (χ2v) is 4.73. The summed E-state index contributed by atoms with van der Waals surface area (Å²) in [5, 5.41) is 11.9. The van der Waals surface area contributed by atoms with Gasteiger partial charge in [-0.15, -0.1) is 0 Å². The molecule has 0 aliphatic carbocycles. The molecule has 1 atom stereocenters. The molecule has 0 aliphatic rings. The van der Waals surface area contributed by atoms with Crippen molar-refractivity contribution in [1.29, 1.82) is 0 Å². The summed E-state index contributed by atoms with van der Waals surface area (Å²) >= 11 is 0. The maximum absolute atomic E-state index is 9.81. The Morgan fingerprint density at radius 3 is 2.47 bits per heavy atom. The zero-order valence-corrected chi connectivity index (χ0v) is 11.7. The Hall–Kier alpha value is -1.52. The Bertz CT molecular complexity index is 379. The van der Waals surface area contributed by atoms with Gasteiger partial charge in [-0.25, -0.2) is 0 Å². The summed E-state index contributed by atoms with van der Waals surface area (Å²) in [6.07, 6.45) is 1.19. The molecule has 1 rings (SSSR count). The van der Waals surface area contributed by atoms with Gasteiger partial charge >= 0.3 is 0 Å². The van der Waals surface area contributed by atoms with E-state index >= 15 is 0 Å². The Balaban J connectivity index is 2.45. The number of aliphatic hydroxyl groups is 1. The van der Waals surface area contributed by atoms with Crippen molar-refractivity contribution in [3.05, 3.63) is 36.9 Å². The molecular weight excluding hydrogens is 242 g/mol. The number of hydrogen-bond acceptors (Lipinski definition) is 3. The van der Waals surface area contributed by atoms with E-state index in [1.54, 1.807) is 6.08 Å². The summed E-state index contributed by atoms with van der Waals surface area (Å²) in [6, 6.07) is 7.90. The Kier molecular flexibility index (Phi) is 7.00. The first-order chi connectivity index (χ1) is 9.13. The average Bonchev–Trinajstić information content (AvgIpc) is 2.41. The Morgan fingerprint density at radius 2 is 1.89 bits per heavy atom. The summed E-state index contributed by atoms with van der Waals surface area (Å²) in [5.41, 5.74) is 0. The van der Waals surface area contributed by atoms with Gasteiger partial charge < -0.3 is 19.9 Å². The summed E-state index contributed by atoms with van der Waals surface area (Å²) < 4.78 is 11.1. The van der Waals surface area contributed by atoms with E-state index in [1.807, 2.05) is 24.3 Å². The molecule has 1 aromatic rings. The van der Waals surface area contributed by atoms with Crippen LogP contribution in [0.4, 0.5) is 0 Å². The highest BCUT2D eigenvalue weighted by atomic mass is 16.5. The van der Waals surface area contributed by atoms with E-state index in [0.717, 1.165) is 0 Å². The van der Waals surface area contributed by atoms with Crippen molar-refractivity contribution in [2.75, 3.05) is 19.8 Å². The van der Waals surface area contributed by atoms with Crippen LogP contribution in [0.15, 0.2) is 36.9 Å². The molecule has 0 heterocycles. The van der Waals surface area contributed by atoms with Crippen molar-refractivity contribution >= 4 is 0 Å². The number of nitrogens with two attached hydrogens (primary N) is 1. The van der Waals surface area contributed by atoms with E-state index in [1.165, 1.54) is 0 Å². The fraction of sp³-hybridized carbons (Fsp3) is 0.467. The molecule has 0 unspecified atom stereocenters. The molecule has 0 aromatic heterocycles. The van der Waals surface area contributed by atoms with Crippen LogP contribution in [0.2, 0.25) is 0 Å². The van der Waals surface area contributed by atoms with E-state index < -0.39 is 6.10 Å². The summed E-state index contributed by atoms with van der Waals surface area (Å²) in [7, 11) is 0. The Labute approximate surface area is 115 Å². The smallest absolute Gasteiger partial charge is 0.161 e. The SMILES string of the molecule is C=CCOc1ccccc1OC[C@@H](O)C[NH2+]C(C)C. The molecule has 1 aromatic carbocycles. The normalized spacial score (nSPS) is 12.2. The van der Waals surface area contributed by atoms with Crippen LogP contribution in [0.5, 0.6) is 11.5 Å². The maximum Gasteiger partial charge on any atom is 0.161 e. The number of aliphatic hydroxyl groups excluding tert-OH is 1. The van der Waals surface area contributed by atoms with Gasteiger partial charge in [0.1, 0.15) is 25.9 Å². The number of rotatable bonds is 9. The van der Waals surface area contributed by atoms with Crippen LogP contribution >= 0.6 is 0 Å². The lowest BCUT2D eigenvalue weighted by Gasteiger charge is -2.15. The third-order valence-electron chi connectivity index (χ3n) is 2.52. The minimum absolute atomic E-state index is 0.262. The molecular formula is C15H24NO3+. The number of quaternary nitrogens is 1. The molecule has 0 fully saturated rings. The molecule has 4 nitrogen and oxygen atoms in total. The molecule has 0 bridgehead atoms. The first kappa shape index (κ1) is 15.5. The first-order valence-electron chi connectivity index (χ1n) is 6.60. The predicted molar refractivity (Wildman–Crippen MR) is 75.6 cm³/mol. The molecule has 3 N–H and O–H groups in total. The lowest BCUT2D eigenvalue weighted by atomic mass is 10.3. The van der Waals surface area contributed by atoms with Gasteiger partial charge in [-0.05, 0) is 26.0 Å². The van der Waals surface area contributed by atoms with Gasteiger partial charge in [0.15, 0.2) is 11.5 Å². The van der Waals surface area contributed by atoms with Crippen LogP contribution in [-0.2, 0) is 0 Å². The second kappa shape index (κ2) is 8.56. The molecule has 0 amide bonds. The van der Waals surface area contributed by atoms with E-state index in [9.17, 15) is 5.11 Å². The van der Waals surface area contributed by atoms with Crippen LogP contribution in [0, 0.1) is 0 Å². The van der Waals surface area contributed by atoms with Crippen molar-refractivity contribution < 1.29 is 19.9 Å². The summed E-state index contributed by atoms with van der Waals surface area (Å²) in [6.45, 7) is 9.12. The average molecular weight is 266 g/mol. The molecule has 0 saturated carbocycles. The number of hydrogen-bond donors (Lipinski definition) is 2. The molecule has 0 spiro atoms. The van der Waals surface area contributed by atoms with Crippen molar-refractivity contribution in [2.45, 2.75) is 26.0 Å². The summed E-state index contributed by atoms with van der Waals surface area (Å²) in [5.74, 6) is 1.32. The van der Waals surface area contributed by atoms with Crippen LogP contribution in [0.3, 0.4) is 0 Å². The van der Waals surface area contributed by atoms with Gasteiger partial charge in [0.25, 0.3) is 0 Å².